The van der Waals surface area contributed by atoms with E-state index in [2.05, 4.69) is 32.6 Å². The third-order valence-electron chi connectivity index (χ3n) is 6.42. The number of unbranched alkanes of at least 4 members (excludes halogenated alkanes) is 1. The van der Waals surface area contributed by atoms with E-state index in [1.807, 2.05) is 19.9 Å². The van der Waals surface area contributed by atoms with Crippen LogP contribution in [0.2, 0.25) is 0 Å². The van der Waals surface area contributed by atoms with Crippen LogP contribution in [-0.4, -0.2) is 31.4 Å². The van der Waals surface area contributed by atoms with Gasteiger partial charge in [0.05, 0.1) is 12.4 Å². The molecule has 1 fully saturated rings. The standard InChI is InChI=1S/C28H48O4/c1-6-20-30-21-14-15-24(3)22-27(32-25(4)26-16-10-8-11-17-26)18-12-9-13-19-28(5,7-2)31-23-29/h13,15,19,23,26-27H,4,6-12,14,16-18,20-22H2,1-3,5H3/b19-13+,24-15-/t27?,28-/m0/s1. The van der Waals surface area contributed by atoms with E-state index in [0.29, 0.717) is 12.4 Å². The highest BCUT2D eigenvalue weighted by atomic mass is 16.5. The van der Waals surface area contributed by atoms with Crippen molar-refractivity contribution in [2.75, 3.05) is 13.2 Å². The van der Waals surface area contributed by atoms with Gasteiger partial charge < -0.3 is 14.2 Å². The molecule has 0 spiro atoms. The van der Waals surface area contributed by atoms with Crippen molar-refractivity contribution in [1.82, 2.24) is 0 Å². The van der Waals surface area contributed by atoms with E-state index in [-0.39, 0.29) is 6.10 Å². The van der Waals surface area contributed by atoms with E-state index >= 15 is 0 Å². The fourth-order valence-electron chi connectivity index (χ4n) is 4.16. The zero-order valence-electron chi connectivity index (χ0n) is 21.2. The van der Waals surface area contributed by atoms with Crippen molar-refractivity contribution in [3.63, 3.8) is 0 Å². The molecule has 2 atom stereocenters. The first-order valence-electron chi connectivity index (χ1n) is 12.8. The predicted molar refractivity (Wildman–Crippen MR) is 134 cm³/mol. The molecular weight excluding hydrogens is 400 g/mol. The Bertz CT molecular complexity index is 574. The number of hydrogen-bond acceptors (Lipinski definition) is 4. The van der Waals surface area contributed by atoms with Gasteiger partial charge in [-0.05, 0) is 71.3 Å². The van der Waals surface area contributed by atoms with Crippen molar-refractivity contribution in [2.24, 2.45) is 5.92 Å². The van der Waals surface area contributed by atoms with Gasteiger partial charge in [0.25, 0.3) is 6.47 Å². The molecule has 0 N–H and O–H groups in total. The van der Waals surface area contributed by atoms with Crippen molar-refractivity contribution in [3.05, 3.63) is 36.1 Å². The average molecular weight is 449 g/mol. The first kappa shape index (κ1) is 28.5. The van der Waals surface area contributed by atoms with E-state index in [1.165, 1.54) is 37.7 Å². The highest BCUT2D eigenvalue weighted by Crippen LogP contribution is 2.31. The minimum absolute atomic E-state index is 0.162. The maximum absolute atomic E-state index is 10.7. The van der Waals surface area contributed by atoms with Gasteiger partial charge in [-0.25, -0.2) is 0 Å². The van der Waals surface area contributed by atoms with E-state index in [4.69, 9.17) is 14.2 Å². The van der Waals surface area contributed by atoms with Crippen LogP contribution in [0.1, 0.15) is 105 Å². The van der Waals surface area contributed by atoms with Gasteiger partial charge in [0.1, 0.15) is 11.7 Å². The Labute approximate surface area is 197 Å². The van der Waals surface area contributed by atoms with E-state index in [9.17, 15) is 4.79 Å². The number of rotatable bonds is 18. The molecule has 4 heteroatoms. The molecule has 0 amide bonds. The van der Waals surface area contributed by atoms with Crippen LogP contribution in [0.3, 0.4) is 0 Å². The number of hydrogen-bond donors (Lipinski definition) is 0. The fraction of sp³-hybridized carbons (Fsp3) is 0.750. The van der Waals surface area contributed by atoms with Crippen LogP contribution >= 0.6 is 0 Å². The highest BCUT2D eigenvalue weighted by molar-refractivity contribution is 5.39. The Hall–Kier alpha value is -1.55. The second-order valence-corrected chi connectivity index (χ2v) is 9.41. The van der Waals surface area contributed by atoms with E-state index < -0.39 is 5.60 Å². The van der Waals surface area contributed by atoms with Crippen molar-refractivity contribution in [3.8, 4) is 0 Å². The van der Waals surface area contributed by atoms with Gasteiger partial charge in [-0.3, -0.25) is 4.79 Å². The van der Waals surface area contributed by atoms with Crippen molar-refractivity contribution < 1.29 is 19.0 Å². The molecule has 0 aliphatic heterocycles. The van der Waals surface area contributed by atoms with Gasteiger partial charge in [0.15, 0.2) is 0 Å². The molecule has 0 aromatic rings. The minimum Gasteiger partial charge on any atom is -0.495 e. The maximum atomic E-state index is 10.7. The monoisotopic (exact) mass is 448 g/mol. The third-order valence-corrected chi connectivity index (χ3v) is 6.42. The summed E-state index contributed by atoms with van der Waals surface area (Å²) in [6, 6.07) is 0. The molecule has 0 radical (unpaired) electrons. The lowest BCUT2D eigenvalue weighted by Gasteiger charge is -2.28. The molecule has 1 saturated carbocycles. The molecular formula is C28H48O4. The molecule has 1 aliphatic carbocycles. The van der Waals surface area contributed by atoms with Crippen LogP contribution in [0.5, 0.6) is 0 Å². The third kappa shape index (κ3) is 12.5. The van der Waals surface area contributed by atoms with Crippen LogP contribution in [0, 0.1) is 5.92 Å². The number of carbonyl (C=O) groups excluding carboxylic acids is 1. The maximum Gasteiger partial charge on any atom is 0.293 e. The Morgan fingerprint density at radius 1 is 1.16 bits per heavy atom. The summed E-state index contributed by atoms with van der Waals surface area (Å²) in [5.41, 5.74) is 0.853. The first-order chi connectivity index (χ1) is 15.4. The molecule has 1 unspecified atom stereocenters. The summed E-state index contributed by atoms with van der Waals surface area (Å²) in [6.45, 7) is 14.8. The summed E-state index contributed by atoms with van der Waals surface area (Å²) >= 11 is 0. The largest absolute Gasteiger partial charge is 0.495 e. The topological polar surface area (TPSA) is 44.8 Å². The molecule has 0 aromatic carbocycles. The molecule has 184 valence electrons. The Morgan fingerprint density at radius 3 is 2.56 bits per heavy atom. The molecule has 1 aliphatic rings. The van der Waals surface area contributed by atoms with Gasteiger partial charge >= 0.3 is 0 Å². The highest BCUT2D eigenvalue weighted by Gasteiger charge is 2.21. The summed E-state index contributed by atoms with van der Waals surface area (Å²) in [5.74, 6) is 1.51. The van der Waals surface area contributed by atoms with Gasteiger partial charge in [0, 0.05) is 18.9 Å². The molecule has 0 heterocycles. The summed E-state index contributed by atoms with van der Waals surface area (Å²) in [4.78, 5) is 10.7. The van der Waals surface area contributed by atoms with Crippen molar-refractivity contribution in [2.45, 2.75) is 116 Å². The molecule has 0 bridgehead atoms. The molecule has 1 rings (SSSR count). The van der Waals surface area contributed by atoms with Crippen LogP contribution in [0.25, 0.3) is 0 Å². The normalized spacial score (nSPS) is 18.3. The van der Waals surface area contributed by atoms with Crippen molar-refractivity contribution >= 4 is 6.47 Å². The smallest absolute Gasteiger partial charge is 0.293 e. The number of ether oxygens (including phenoxy) is 3. The zero-order chi connectivity index (χ0) is 23.7. The summed E-state index contributed by atoms with van der Waals surface area (Å²) in [7, 11) is 0. The molecule has 32 heavy (non-hydrogen) atoms. The lowest BCUT2D eigenvalue weighted by molar-refractivity contribution is -0.138. The number of allylic oxidation sites excluding steroid dienone is 2. The van der Waals surface area contributed by atoms with E-state index in [0.717, 1.165) is 63.9 Å². The van der Waals surface area contributed by atoms with Crippen LogP contribution in [0.15, 0.2) is 36.1 Å². The predicted octanol–water partition coefficient (Wildman–Crippen LogP) is 7.69. The minimum atomic E-state index is -0.508. The molecule has 0 saturated heterocycles. The van der Waals surface area contributed by atoms with Gasteiger partial charge in [0.2, 0.25) is 0 Å². The van der Waals surface area contributed by atoms with Crippen LogP contribution in [-0.2, 0) is 19.0 Å². The van der Waals surface area contributed by atoms with Crippen LogP contribution < -0.4 is 0 Å². The Morgan fingerprint density at radius 2 is 1.91 bits per heavy atom. The summed E-state index contributed by atoms with van der Waals surface area (Å²) in [6.07, 6.45) is 19.6. The lowest BCUT2D eigenvalue weighted by atomic mass is 9.88. The van der Waals surface area contributed by atoms with Gasteiger partial charge in [-0.2, -0.15) is 0 Å². The summed E-state index contributed by atoms with van der Waals surface area (Å²) < 4.78 is 17.3. The SMILES string of the molecule is C=C(OC(CCC/C=C/[C@](C)(CC)OC=O)C/C(C)=C\CCOCCC)C1CCCCC1. The molecule has 0 aromatic heterocycles. The second kappa shape index (κ2) is 17.0. The second-order valence-electron chi connectivity index (χ2n) is 9.41. The van der Waals surface area contributed by atoms with Gasteiger partial charge in [-0.15, -0.1) is 0 Å². The Kier molecular flexibility index (Phi) is 15.1. The first-order valence-corrected chi connectivity index (χ1v) is 12.8. The van der Waals surface area contributed by atoms with Crippen LogP contribution in [0.4, 0.5) is 0 Å². The fourth-order valence-corrected chi connectivity index (χ4v) is 4.16. The quantitative estimate of drug-likeness (QED) is 0.0933. The van der Waals surface area contributed by atoms with Crippen molar-refractivity contribution in [1.29, 1.82) is 0 Å². The summed E-state index contributed by atoms with van der Waals surface area (Å²) in [5, 5.41) is 0. The lowest BCUT2D eigenvalue weighted by Crippen LogP contribution is -2.24. The number of carbonyl (C=O) groups is 1. The van der Waals surface area contributed by atoms with E-state index in [1.54, 1.807) is 0 Å². The zero-order valence-corrected chi connectivity index (χ0v) is 21.2. The average Bonchev–Trinajstić information content (AvgIpc) is 2.79. The van der Waals surface area contributed by atoms with Gasteiger partial charge in [-0.1, -0.05) is 57.4 Å². The Balaban J connectivity index is 2.59. The molecule has 4 nitrogen and oxygen atoms in total.